The summed E-state index contributed by atoms with van der Waals surface area (Å²) in [6, 6.07) is 9.70. The molecule has 8 nitrogen and oxygen atoms in total. The Morgan fingerprint density at radius 3 is 2.41 bits per heavy atom. The van der Waals surface area contributed by atoms with Gasteiger partial charge in [0.05, 0.1) is 11.4 Å². The highest BCUT2D eigenvalue weighted by Gasteiger charge is 2.36. The van der Waals surface area contributed by atoms with E-state index in [9.17, 15) is 5.11 Å². The van der Waals surface area contributed by atoms with Gasteiger partial charge in [0.25, 0.3) is 0 Å². The van der Waals surface area contributed by atoms with Crippen LogP contribution in [0.3, 0.4) is 0 Å². The number of aromatic hydroxyl groups is 1. The molecule has 8 heteroatoms. The van der Waals surface area contributed by atoms with Gasteiger partial charge in [-0.3, -0.25) is 0 Å². The molecule has 2 fully saturated rings. The Kier molecular flexibility index (Phi) is 4.41. The van der Waals surface area contributed by atoms with E-state index in [0.717, 1.165) is 17.7 Å². The number of hydrogen-bond donors (Lipinski definition) is 1. The lowest BCUT2D eigenvalue weighted by Gasteiger charge is -2.35. The second-order valence-electron chi connectivity index (χ2n) is 8.39. The van der Waals surface area contributed by atoms with Crippen molar-refractivity contribution in [1.29, 1.82) is 0 Å². The fourth-order valence-corrected chi connectivity index (χ4v) is 4.89. The van der Waals surface area contributed by atoms with Gasteiger partial charge in [0, 0.05) is 24.7 Å². The Morgan fingerprint density at radius 1 is 1.00 bits per heavy atom. The van der Waals surface area contributed by atoms with Crippen LogP contribution in [-0.4, -0.2) is 48.6 Å². The van der Waals surface area contributed by atoms with E-state index in [1.165, 1.54) is 36.9 Å². The quantitative estimate of drug-likeness (QED) is 0.730. The molecule has 0 saturated heterocycles. The standard InChI is InChI=1S/C21H25N7O/c1-13-22-26-28(25-13)16-5-6-18(20(29)12-16)19-7-8-21(24-23-19)27(2)17-10-14-3-4-15(9-14)11-17/h5-8,12,14-15,17,29H,3-4,9-11H2,1-2H3/t14-,15?,17+/m0/s1. The summed E-state index contributed by atoms with van der Waals surface area (Å²) >= 11 is 0. The van der Waals surface area contributed by atoms with Crippen molar-refractivity contribution in [3.05, 3.63) is 36.2 Å². The minimum absolute atomic E-state index is 0.108. The van der Waals surface area contributed by atoms with Gasteiger partial charge >= 0.3 is 0 Å². The summed E-state index contributed by atoms with van der Waals surface area (Å²) in [5.41, 5.74) is 1.91. The summed E-state index contributed by atoms with van der Waals surface area (Å²) in [5.74, 6) is 3.33. The predicted octanol–water partition coefficient (Wildman–Crippen LogP) is 3.15. The number of tetrazole rings is 1. The van der Waals surface area contributed by atoms with Crippen molar-refractivity contribution >= 4 is 5.82 Å². The molecule has 3 aromatic rings. The van der Waals surface area contributed by atoms with Crippen LogP contribution < -0.4 is 4.90 Å². The third kappa shape index (κ3) is 3.43. The molecule has 2 saturated carbocycles. The van der Waals surface area contributed by atoms with Crippen molar-refractivity contribution in [2.45, 2.75) is 45.1 Å². The topological polar surface area (TPSA) is 92.9 Å². The summed E-state index contributed by atoms with van der Waals surface area (Å²) < 4.78 is 0. The summed E-state index contributed by atoms with van der Waals surface area (Å²) in [6.07, 6.45) is 6.70. The summed E-state index contributed by atoms with van der Waals surface area (Å²) in [5, 5.41) is 31.3. The Balaban J connectivity index is 1.34. The van der Waals surface area contributed by atoms with Gasteiger partial charge in [-0.05, 0) is 67.5 Å². The molecular weight excluding hydrogens is 366 g/mol. The van der Waals surface area contributed by atoms with Crippen LogP contribution in [0.4, 0.5) is 5.82 Å². The molecule has 0 radical (unpaired) electrons. The third-order valence-corrected chi connectivity index (χ3v) is 6.42. The lowest BCUT2D eigenvalue weighted by molar-refractivity contribution is 0.312. The number of fused-ring (bicyclic) bond motifs is 2. The van der Waals surface area contributed by atoms with Gasteiger partial charge < -0.3 is 10.0 Å². The van der Waals surface area contributed by atoms with E-state index < -0.39 is 0 Å². The fourth-order valence-electron chi connectivity index (χ4n) is 4.89. The average molecular weight is 391 g/mol. The number of anilines is 1. The molecule has 0 aliphatic heterocycles. The predicted molar refractivity (Wildman–Crippen MR) is 109 cm³/mol. The second-order valence-corrected chi connectivity index (χ2v) is 8.39. The van der Waals surface area contributed by atoms with Crippen molar-refractivity contribution < 1.29 is 5.11 Å². The van der Waals surface area contributed by atoms with Gasteiger partial charge in [0.2, 0.25) is 0 Å². The first-order valence-electron chi connectivity index (χ1n) is 10.2. The first-order valence-corrected chi connectivity index (χ1v) is 10.2. The van der Waals surface area contributed by atoms with Crippen molar-refractivity contribution in [2.24, 2.45) is 11.8 Å². The van der Waals surface area contributed by atoms with E-state index in [1.807, 2.05) is 18.2 Å². The third-order valence-electron chi connectivity index (χ3n) is 6.42. The van der Waals surface area contributed by atoms with Gasteiger partial charge in [0.15, 0.2) is 11.6 Å². The number of aryl methyl sites for hydroxylation is 1. The number of rotatable bonds is 4. The number of phenols is 1. The molecule has 2 aromatic heterocycles. The van der Waals surface area contributed by atoms with Crippen LogP contribution in [0, 0.1) is 18.8 Å². The first kappa shape index (κ1) is 18.0. The van der Waals surface area contributed by atoms with E-state index in [4.69, 9.17) is 0 Å². The smallest absolute Gasteiger partial charge is 0.172 e. The van der Waals surface area contributed by atoms with Gasteiger partial charge in [-0.2, -0.15) is 0 Å². The van der Waals surface area contributed by atoms with E-state index in [1.54, 1.807) is 19.1 Å². The zero-order valence-corrected chi connectivity index (χ0v) is 16.7. The summed E-state index contributed by atoms with van der Waals surface area (Å²) in [6.45, 7) is 1.77. The average Bonchev–Trinajstić information content (AvgIpc) is 3.32. The highest BCUT2D eigenvalue weighted by molar-refractivity contribution is 5.68. The van der Waals surface area contributed by atoms with E-state index in [2.05, 4.69) is 37.6 Å². The van der Waals surface area contributed by atoms with Crippen molar-refractivity contribution in [3.63, 3.8) is 0 Å². The Morgan fingerprint density at radius 2 is 1.79 bits per heavy atom. The maximum absolute atomic E-state index is 10.5. The molecule has 2 bridgehead atoms. The molecule has 5 rings (SSSR count). The number of nitrogens with zero attached hydrogens (tertiary/aromatic N) is 7. The second kappa shape index (κ2) is 7.09. The van der Waals surface area contributed by atoms with Crippen LogP contribution in [0.2, 0.25) is 0 Å². The summed E-state index contributed by atoms with van der Waals surface area (Å²) in [4.78, 5) is 3.67. The molecule has 1 unspecified atom stereocenters. The normalized spacial score (nSPS) is 23.3. The lowest BCUT2D eigenvalue weighted by atomic mass is 9.85. The zero-order chi connectivity index (χ0) is 20.0. The first-order chi connectivity index (χ1) is 14.1. The highest BCUT2D eigenvalue weighted by atomic mass is 16.3. The van der Waals surface area contributed by atoms with Gasteiger partial charge in [0.1, 0.15) is 5.75 Å². The highest BCUT2D eigenvalue weighted by Crippen LogP contribution is 2.43. The maximum atomic E-state index is 10.5. The van der Waals surface area contributed by atoms with Crippen LogP contribution in [-0.2, 0) is 0 Å². The van der Waals surface area contributed by atoms with Crippen molar-refractivity contribution in [2.75, 3.05) is 11.9 Å². The Bertz CT molecular complexity index is 1000. The number of hydrogen-bond acceptors (Lipinski definition) is 7. The van der Waals surface area contributed by atoms with E-state index >= 15 is 0 Å². The monoisotopic (exact) mass is 391 g/mol. The molecule has 150 valence electrons. The Labute approximate surface area is 169 Å². The van der Waals surface area contributed by atoms with E-state index in [0.29, 0.717) is 28.8 Å². The van der Waals surface area contributed by atoms with E-state index in [-0.39, 0.29) is 5.75 Å². The zero-order valence-electron chi connectivity index (χ0n) is 16.7. The number of phenolic OH excluding ortho intramolecular Hbond substituents is 1. The molecule has 1 N–H and O–H groups in total. The summed E-state index contributed by atoms with van der Waals surface area (Å²) in [7, 11) is 2.12. The minimum atomic E-state index is 0.108. The molecule has 0 spiro atoms. The minimum Gasteiger partial charge on any atom is -0.507 e. The van der Waals surface area contributed by atoms with Crippen LogP contribution in [0.25, 0.3) is 16.9 Å². The molecule has 3 atom stereocenters. The number of aromatic nitrogens is 6. The van der Waals surface area contributed by atoms with Gasteiger partial charge in [-0.1, -0.05) is 12.8 Å². The molecule has 1 aromatic carbocycles. The van der Waals surface area contributed by atoms with Crippen molar-refractivity contribution in [1.82, 2.24) is 30.4 Å². The molecule has 0 amide bonds. The van der Waals surface area contributed by atoms with Gasteiger partial charge in [-0.25, -0.2) is 0 Å². The molecule has 2 aliphatic rings. The van der Waals surface area contributed by atoms with Gasteiger partial charge in [-0.15, -0.1) is 25.2 Å². The largest absolute Gasteiger partial charge is 0.507 e. The van der Waals surface area contributed by atoms with Crippen molar-refractivity contribution in [3.8, 4) is 22.7 Å². The molecule has 29 heavy (non-hydrogen) atoms. The molecular formula is C21H25N7O. The van der Waals surface area contributed by atoms with Crippen LogP contribution in [0.15, 0.2) is 30.3 Å². The lowest BCUT2D eigenvalue weighted by Crippen LogP contribution is -2.37. The maximum Gasteiger partial charge on any atom is 0.172 e. The fraction of sp³-hybridized carbons (Fsp3) is 0.476. The van der Waals surface area contributed by atoms with Crippen LogP contribution in [0.1, 0.15) is 37.9 Å². The molecule has 2 heterocycles. The van der Waals surface area contributed by atoms with Crippen LogP contribution >= 0.6 is 0 Å². The number of benzene rings is 1. The van der Waals surface area contributed by atoms with Crippen LogP contribution in [0.5, 0.6) is 5.75 Å². The SMILES string of the molecule is Cc1nnn(-c2ccc(-c3ccc(N(C)[C@H]4CC5CC[C@@H](C5)C4)nn3)c(O)c2)n1. The Hall–Kier alpha value is -3.03. The molecule has 2 aliphatic carbocycles.